The van der Waals surface area contributed by atoms with Crippen LogP contribution in [0.2, 0.25) is 0 Å². The lowest BCUT2D eigenvalue weighted by Gasteiger charge is -2.24. The molecule has 1 aromatic heterocycles. The number of amides is 2. The summed E-state index contributed by atoms with van der Waals surface area (Å²) < 4.78 is 38.6. The molecule has 3 aromatic carbocycles. The minimum atomic E-state index is -4.01. The lowest BCUT2D eigenvalue weighted by molar-refractivity contribution is -0.123. The van der Waals surface area contributed by atoms with Crippen molar-refractivity contribution in [1.82, 2.24) is 10.7 Å². The van der Waals surface area contributed by atoms with Crippen LogP contribution in [0.4, 0.5) is 5.69 Å². The number of hydrogen-bond donors (Lipinski definition) is 2. The molecule has 2 N–H and O–H groups in total. The molecule has 0 saturated heterocycles. The van der Waals surface area contributed by atoms with Crippen molar-refractivity contribution in [1.29, 1.82) is 0 Å². The molecule has 0 saturated carbocycles. The summed E-state index contributed by atoms with van der Waals surface area (Å²) in [6, 6.07) is 23.4. The summed E-state index contributed by atoms with van der Waals surface area (Å²) in [5.74, 6) is 0.220. The number of carbonyl (C=O) groups excluding carboxylic acids is 2. The van der Waals surface area contributed by atoms with Crippen LogP contribution >= 0.6 is 0 Å². The molecule has 212 valence electrons. The predicted molar refractivity (Wildman–Crippen MR) is 155 cm³/mol. The zero-order chi connectivity index (χ0) is 29.2. The number of nitrogens with one attached hydrogen (secondary N) is 2. The second kappa shape index (κ2) is 13.4. The van der Waals surface area contributed by atoms with Gasteiger partial charge in [0, 0.05) is 0 Å². The number of hydrazone groups is 1. The summed E-state index contributed by atoms with van der Waals surface area (Å²) in [4.78, 5) is 24.8. The van der Waals surface area contributed by atoms with E-state index in [1.54, 1.807) is 66.7 Å². The second-order valence-corrected chi connectivity index (χ2v) is 11.0. The van der Waals surface area contributed by atoms with Crippen LogP contribution in [0.25, 0.3) is 0 Å². The molecule has 0 atom stereocenters. The lowest BCUT2D eigenvalue weighted by atomic mass is 10.1. The van der Waals surface area contributed by atoms with Crippen molar-refractivity contribution in [2.75, 3.05) is 17.5 Å². The van der Waals surface area contributed by atoms with E-state index < -0.39 is 22.5 Å². The van der Waals surface area contributed by atoms with Crippen molar-refractivity contribution in [3.8, 4) is 5.75 Å². The molecule has 0 spiro atoms. The largest absolute Gasteiger partial charge is 0.484 e. The minimum absolute atomic E-state index is 0.0758. The molecule has 2 amide bonds. The van der Waals surface area contributed by atoms with Crippen molar-refractivity contribution < 1.29 is 27.2 Å². The van der Waals surface area contributed by atoms with Gasteiger partial charge in [0.2, 0.25) is 0 Å². The van der Waals surface area contributed by atoms with Gasteiger partial charge in [-0.25, -0.2) is 13.8 Å². The molecule has 1 heterocycles. The van der Waals surface area contributed by atoms with Gasteiger partial charge in [0.1, 0.15) is 18.1 Å². The van der Waals surface area contributed by atoms with Gasteiger partial charge in [-0.15, -0.1) is 0 Å². The molecule has 4 rings (SSSR count). The number of aryl methyl sites for hydroxylation is 2. The van der Waals surface area contributed by atoms with Gasteiger partial charge in [0.15, 0.2) is 6.61 Å². The molecule has 0 bridgehead atoms. The van der Waals surface area contributed by atoms with E-state index in [4.69, 9.17) is 9.15 Å². The third-order valence-electron chi connectivity index (χ3n) is 6.09. The average molecular weight is 575 g/mol. The maximum absolute atomic E-state index is 13.4. The Balaban J connectivity index is 1.34. The first-order valence-electron chi connectivity index (χ1n) is 12.7. The number of ether oxygens (including phenoxy) is 1. The first-order chi connectivity index (χ1) is 19.7. The van der Waals surface area contributed by atoms with Gasteiger partial charge in [-0.05, 0) is 91.2 Å². The van der Waals surface area contributed by atoms with E-state index in [2.05, 4.69) is 15.8 Å². The molecule has 0 aliphatic carbocycles. The van der Waals surface area contributed by atoms with Gasteiger partial charge in [-0.3, -0.25) is 13.9 Å². The zero-order valence-corrected chi connectivity index (χ0v) is 23.4. The fraction of sp³-hybridized carbons (Fsp3) is 0.167. The predicted octanol–water partition coefficient (Wildman–Crippen LogP) is 3.94. The minimum Gasteiger partial charge on any atom is -0.484 e. The number of rotatable bonds is 12. The Morgan fingerprint density at radius 1 is 0.927 bits per heavy atom. The smallest absolute Gasteiger partial charge is 0.264 e. The summed E-state index contributed by atoms with van der Waals surface area (Å²) in [7, 11) is -4.01. The normalized spacial score (nSPS) is 11.3. The molecule has 0 aliphatic heterocycles. The fourth-order valence-electron chi connectivity index (χ4n) is 3.71. The number of furan rings is 1. The number of benzene rings is 3. The van der Waals surface area contributed by atoms with Crippen LogP contribution < -0.4 is 19.8 Å². The molecule has 0 radical (unpaired) electrons. The van der Waals surface area contributed by atoms with Crippen LogP contribution in [-0.4, -0.2) is 39.6 Å². The average Bonchev–Trinajstić information content (AvgIpc) is 3.50. The van der Waals surface area contributed by atoms with E-state index in [0.29, 0.717) is 22.8 Å². The van der Waals surface area contributed by atoms with Crippen molar-refractivity contribution in [3.05, 3.63) is 114 Å². The summed E-state index contributed by atoms with van der Waals surface area (Å²) in [5, 5.41) is 6.66. The third kappa shape index (κ3) is 8.05. The van der Waals surface area contributed by atoms with Gasteiger partial charge in [-0.1, -0.05) is 24.3 Å². The van der Waals surface area contributed by atoms with Gasteiger partial charge in [-0.2, -0.15) is 5.10 Å². The molecular weight excluding hydrogens is 544 g/mol. The van der Waals surface area contributed by atoms with E-state index in [1.807, 2.05) is 19.9 Å². The van der Waals surface area contributed by atoms with E-state index in [-0.39, 0.29) is 24.0 Å². The number of nitrogens with zero attached hydrogens (tertiary/aromatic N) is 2. The zero-order valence-electron chi connectivity index (χ0n) is 22.6. The summed E-state index contributed by atoms with van der Waals surface area (Å²) >= 11 is 0. The van der Waals surface area contributed by atoms with Crippen LogP contribution in [0.1, 0.15) is 22.5 Å². The standard InChI is InChI=1S/C30H30N4O6S/c1-22-10-13-25(17-23(22)2)34(41(37,38)28-8-4-3-5-9-28)20-29(35)33-32-18-24-11-14-26(15-12-24)40-21-30(36)31-19-27-7-6-16-39-27/h3-18H,19-21H2,1-2H3,(H,31,36)(H,33,35)/b32-18-. The molecule has 0 aliphatic rings. The Bertz CT molecular complexity index is 1600. The van der Waals surface area contributed by atoms with Gasteiger partial charge in [0.05, 0.1) is 29.6 Å². The summed E-state index contributed by atoms with van der Waals surface area (Å²) in [6.45, 7) is 3.45. The van der Waals surface area contributed by atoms with E-state index in [1.165, 1.54) is 24.6 Å². The molecule has 41 heavy (non-hydrogen) atoms. The van der Waals surface area contributed by atoms with E-state index in [9.17, 15) is 18.0 Å². The highest BCUT2D eigenvalue weighted by molar-refractivity contribution is 7.92. The van der Waals surface area contributed by atoms with Crippen LogP contribution in [0.15, 0.2) is 106 Å². The highest BCUT2D eigenvalue weighted by Crippen LogP contribution is 2.25. The van der Waals surface area contributed by atoms with Crippen LogP contribution in [-0.2, 0) is 26.2 Å². The number of carbonyl (C=O) groups is 2. The second-order valence-electron chi connectivity index (χ2n) is 9.10. The van der Waals surface area contributed by atoms with Gasteiger partial charge in [0.25, 0.3) is 21.8 Å². The monoisotopic (exact) mass is 574 g/mol. The maximum atomic E-state index is 13.4. The maximum Gasteiger partial charge on any atom is 0.264 e. The van der Waals surface area contributed by atoms with Gasteiger partial charge < -0.3 is 14.5 Å². The van der Waals surface area contributed by atoms with Crippen LogP contribution in [0.3, 0.4) is 0 Å². The Hall–Kier alpha value is -4.90. The van der Waals surface area contributed by atoms with E-state index in [0.717, 1.165) is 15.4 Å². The van der Waals surface area contributed by atoms with E-state index >= 15 is 0 Å². The van der Waals surface area contributed by atoms with Crippen molar-refractivity contribution in [2.24, 2.45) is 5.10 Å². The Kier molecular flexibility index (Phi) is 9.54. The molecule has 11 heteroatoms. The SMILES string of the molecule is Cc1ccc(N(CC(=O)N/N=C\c2ccc(OCC(=O)NCc3ccco3)cc2)S(=O)(=O)c2ccccc2)cc1C. The number of sulfonamides is 1. The quantitative estimate of drug-likeness (QED) is 0.195. The third-order valence-corrected chi connectivity index (χ3v) is 7.88. The molecular formula is C30H30N4O6S. The van der Waals surface area contributed by atoms with Crippen molar-refractivity contribution >= 4 is 33.7 Å². The lowest BCUT2D eigenvalue weighted by Crippen LogP contribution is -2.39. The van der Waals surface area contributed by atoms with Crippen LogP contribution in [0, 0.1) is 13.8 Å². The highest BCUT2D eigenvalue weighted by Gasteiger charge is 2.27. The number of hydrogen-bond acceptors (Lipinski definition) is 7. The van der Waals surface area contributed by atoms with Crippen LogP contribution in [0.5, 0.6) is 5.75 Å². The first kappa shape index (κ1) is 29.1. The van der Waals surface area contributed by atoms with Crippen molar-refractivity contribution in [3.63, 3.8) is 0 Å². The summed E-state index contributed by atoms with van der Waals surface area (Å²) in [6.07, 6.45) is 2.95. The summed E-state index contributed by atoms with van der Waals surface area (Å²) in [5.41, 5.74) is 5.33. The van der Waals surface area contributed by atoms with Crippen molar-refractivity contribution in [2.45, 2.75) is 25.3 Å². The highest BCUT2D eigenvalue weighted by atomic mass is 32.2. The first-order valence-corrected chi connectivity index (χ1v) is 14.2. The molecule has 4 aromatic rings. The topological polar surface area (TPSA) is 130 Å². The molecule has 0 fully saturated rings. The Morgan fingerprint density at radius 2 is 1.68 bits per heavy atom. The Morgan fingerprint density at radius 3 is 2.37 bits per heavy atom. The number of anilines is 1. The fourth-order valence-corrected chi connectivity index (χ4v) is 5.14. The Labute approximate surface area is 238 Å². The molecule has 10 nitrogen and oxygen atoms in total. The van der Waals surface area contributed by atoms with Gasteiger partial charge >= 0.3 is 0 Å². The molecule has 0 unspecified atom stereocenters.